The molecular weight excluding hydrogens is 324 g/mol. The van der Waals surface area contributed by atoms with Gasteiger partial charge in [-0.2, -0.15) is 0 Å². The summed E-state index contributed by atoms with van der Waals surface area (Å²) in [5.74, 6) is 1.62. The number of fused-ring (bicyclic) bond motifs is 1. The molecule has 2 heterocycles. The lowest BCUT2D eigenvalue weighted by Crippen LogP contribution is -2.41. The van der Waals surface area contributed by atoms with E-state index in [0.29, 0.717) is 6.61 Å². The molecule has 1 unspecified atom stereocenters. The van der Waals surface area contributed by atoms with Crippen molar-refractivity contribution in [2.75, 3.05) is 16.4 Å². The van der Waals surface area contributed by atoms with E-state index >= 15 is 0 Å². The highest BCUT2D eigenvalue weighted by Gasteiger charge is 2.41. The Bertz CT molecular complexity index is 893. The van der Waals surface area contributed by atoms with E-state index in [1.165, 1.54) is 11.1 Å². The number of ether oxygens (including phenoxy) is 1. The third-order valence-electron chi connectivity index (χ3n) is 4.59. The molecule has 0 saturated carbocycles. The lowest BCUT2D eigenvalue weighted by molar-refractivity contribution is 0.0766. The van der Waals surface area contributed by atoms with Gasteiger partial charge in [-0.15, -0.1) is 0 Å². The zero-order chi connectivity index (χ0) is 18.1. The molecule has 2 aromatic carbocycles. The number of aryl methyl sites for hydroxylation is 2. The molecule has 26 heavy (non-hydrogen) atoms. The van der Waals surface area contributed by atoms with Crippen LogP contribution in [-0.2, 0) is 4.74 Å². The predicted octanol–water partition coefficient (Wildman–Crippen LogP) is 4.70. The monoisotopic (exact) mass is 346 g/mol. The zero-order valence-electron chi connectivity index (χ0n) is 15.3. The summed E-state index contributed by atoms with van der Waals surface area (Å²) in [7, 11) is 0. The van der Waals surface area contributed by atoms with Crippen LogP contribution in [0.15, 0.2) is 60.9 Å². The zero-order valence-corrected chi connectivity index (χ0v) is 15.3. The molecule has 1 aliphatic rings. The first-order chi connectivity index (χ1) is 12.7. The summed E-state index contributed by atoms with van der Waals surface area (Å²) < 4.78 is 6.20. The number of benzene rings is 2. The Hall–Kier alpha value is -2.92. The van der Waals surface area contributed by atoms with Crippen LogP contribution in [0, 0.1) is 13.8 Å². The Morgan fingerprint density at radius 3 is 2.08 bits per heavy atom. The van der Waals surface area contributed by atoms with Crippen molar-refractivity contribution in [1.29, 1.82) is 0 Å². The van der Waals surface area contributed by atoms with Crippen LogP contribution in [0.3, 0.4) is 0 Å². The van der Waals surface area contributed by atoms with Gasteiger partial charge >= 0.3 is 0 Å². The van der Waals surface area contributed by atoms with E-state index in [4.69, 9.17) is 4.74 Å². The van der Waals surface area contributed by atoms with Crippen molar-refractivity contribution >= 4 is 23.0 Å². The molecule has 0 N–H and O–H groups in total. The SMILES string of the molecule is CCOC1N(c2ccccc2)c2nccnc2N1c1c(C)cccc1C. The minimum atomic E-state index is -0.334. The van der Waals surface area contributed by atoms with Crippen molar-refractivity contribution in [2.24, 2.45) is 0 Å². The molecule has 0 saturated heterocycles. The van der Waals surface area contributed by atoms with Gasteiger partial charge in [-0.25, -0.2) is 9.97 Å². The average molecular weight is 346 g/mol. The van der Waals surface area contributed by atoms with Crippen molar-refractivity contribution in [2.45, 2.75) is 27.1 Å². The second-order valence-electron chi connectivity index (χ2n) is 6.30. The Morgan fingerprint density at radius 2 is 1.46 bits per heavy atom. The third-order valence-corrected chi connectivity index (χ3v) is 4.59. The maximum Gasteiger partial charge on any atom is 0.221 e. The first-order valence-corrected chi connectivity index (χ1v) is 8.84. The van der Waals surface area contributed by atoms with Crippen molar-refractivity contribution in [3.8, 4) is 0 Å². The van der Waals surface area contributed by atoms with E-state index < -0.39 is 0 Å². The Balaban J connectivity index is 1.94. The van der Waals surface area contributed by atoms with Crippen molar-refractivity contribution < 1.29 is 4.74 Å². The third kappa shape index (κ3) is 2.61. The average Bonchev–Trinajstić information content (AvgIpc) is 2.97. The standard InChI is InChI=1S/C21H22N4O/c1-4-26-21-24(17-11-6-5-7-12-17)19-20(23-14-13-22-19)25(21)18-15(2)9-8-10-16(18)3/h5-14,21H,4H2,1-3H3. The Kier molecular flexibility index (Phi) is 4.31. The van der Waals surface area contributed by atoms with Crippen LogP contribution < -0.4 is 9.80 Å². The summed E-state index contributed by atoms with van der Waals surface area (Å²) in [6.07, 6.45) is 3.13. The van der Waals surface area contributed by atoms with E-state index in [9.17, 15) is 0 Å². The highest BCUT2D eigenvalue weighted by molar-refractivity contribution is 5.84. The Morgan fingerprint density at radius 1 is 0.846 bits per heavy atom. The van der Waals surface area contributed by atoms with Gasteiger partial charge in [0.25, 0.3) is 0 Å². The first-order valence-electron chi connectivity index (χ1n) is 8.84. The van der Waals surface area contributed by atoms with E-state index in [-0.39, 0.29) is 6.35 Å². The summed E-state index contributed by atoms with van der Waals surface area (Å²) in [6, 6.07) is 16.5. The molecule has 0 fully saturated rings. The number of aromatic nitrogens is 2. The topological polar surface area (TPSA) is 41.5 Å². The van der Waals surface area contributed by atoms with Gasteiger partial charge < -0.3 is 4.74 Å². The fraction of sp³-hybridized carbons (Fsp3) is 0.238. The molecule has 0 bridgehead atoms. The van der Waals surface area contributed by atoms with Gasteiger partial charge in [-0.05, 0) is 44.0 Å². The van der Waals surface area contributed by atoms with Crippen LogP contribution in [0.4, 0.5) is 23.0 Å². The summed E-state index contributed by atoms with van der Waals surface area (Å²) in [6.45, 7) is 6.83. The van der Waals surface area contributed by atoms with Crippen LogP contribution in [0.2, 0.25) is 0 Å². The second kappa shape index (κ2) is 6.77. The molecule has 0 aliphatic carbocycles. The van der Waals surface area contributed by atoms with Gasteiger partial charge in [-0.3, -0.25) is 9.80 Å². The van der Waals surface area contributed by atoms with Gasteiger partial charge in [0.1, 0.15) is 0 Å². The lowest BCUT2D eigenvalue weighted by Gasteiger charge is -2.33. The quantitative estimate of drug-likeness (QED) is 0.685. The smallest absolute Gasteiger partial charge is 0.221 e. The minimum Gasteiger partial charge on any atom is -0.340 e. The number of anilines is 4. The van der Waals surface area contributed by atoms with E-state index in [1.807, 2.05) is 25.1 Å². The maximum absolute atomic E-state index is 6.20. The van der Waals surface area contributed by atoms with Crippen LogP contribution in [0.5, 0.6) is 0 Å². The molecule has 0 spiro atoms. The second-order valence-corrected chi connectivity index (χ2v) is 6.30. The molecule has 5 nitrogen and oxygen atoms in total. The number of nitrogens with zero attached hydrogens (tertiary/aromatic N) is 4. The van der Waals surface area contributed by atoms with Gasteiger partial charge in [0, 0.05) is 24.7 Å². The predicted molar refractivity (Wildman–Crippen MR) is 104 cm³/mol. The van der Waals surface area contributed by atoms with Gasteiger partial charge in [0.15, 0.2) is 11.6 Å². The largest absolute Gasteiger partial charge is 0.340 e. The number of para-hydroxylation sites is 2. The van der Waals surface area contributed by atoms with E-state index in [1.54, 1.807) is 12.4 Å². The highest BCUT2D eigenvalue weighted by atomic mass is 16.5. The number of hydrogen-bond acceptors (Lipinski definition) is 5. The number of rotatable bonds is 4. The summed E-state index contributed by atoms with van der Waals surface area (Å²) in [5.41, 5.74) is 4.51. The van der Waals surface area contributed by atoms with E-state index in [2.05, 4.69) is 63.9 Å². The Labute approximate surface area is 153 Å². The molecule has 1 atom stereocenters. The molecule has 1 aliphatic heterocycles. The summed E-state index contributed by atoms with van der Waals surface area (Å²) in [5, 5.41) is 0. The fourth-order valence-electron chi connectivity index (χ4n) is 3.53. The van der Waals surface area contributed by atoms with Crippen LogP contribution in [0.25, 0.3) is 0 Å². The maximum atomic E-state index is 6.20. The molecular formula is C21H22N4O. The molecule has 0 amide bonds. The molecule has 4 rings (SSSR count). The molecule has 132 valence electrons. The van der Waals surface area contributed by atoms with Crippen molar-refractivity contribution in [3.05, 3.63) is 72.1 Å². The van der Waals surface area contributed by atoms with Crippen LogP contribution in [-0.4, -0.2) is 22.9 Å². The first kappa shape index (κ1) is 16.5. The van der Waals surface area contributed by atoms with Gasteiger partial charge in [0.05, 0.1) is 5.69 Å². The molecule has 3 aromatic rings. The van der Waals surface area contributed by atoms with Crippen LogP contribution in [0.1, 0.15) is 18.1 Å². The van der Waals surface area contributed by atoms with Gasteiger partial charge in [0.2, 0.25) is 6.35 Å². The van der Waals surface area contributed by atoms with Gasteiger partial charge in [-0.1, -0.05) is 36.4 Å². The van der Waals surface area contributed by atoms with Crippen LogP contribution >= 0.6 is 0 Å². The summed E-state index contributed by atoms with van der Waals surface area (Å²) >= 11 is 0. The summed E-state index contributed by atoms with van der Waals surface area (Å²) in [4.78, 5) is 13.5. The molecule has 5 heteroatoms. The molecule has 0 radical (unpaired) electrons. The minimum absolute atomic E-state index is 0.334. The van der Waals surface area contributed by atoms with Crippen molar-refractivity contribution in [3.63, 3.8) is 0 Å². The molecule has 1 aromatic heterocycles. The normalized spacial score (nSPS) is 16.0. The van der Waals surface area contributed by atoms with E-state index in [0.717, 1.165) is 23.0 Å². The number of hydrogen-bond donors (Lipinski definition) is 0. The van der Waals surface area contributed by atoms with Crippen molar-refractivity contribution in [1.82, 2.24) is 9.97 Å². The lowest BCUT2D eigenvalue weighted by atomic mass is 10.1. The fourth-order valence-corrected chi connectivity index (χ4v) is 3.53. The highest BCUT2D eigenvalue weighted by Crippen LogP contribution is 2.46.